The zero-order valence-corrected chi connectivity index (χ0v) is 15.2. The van der Waals surface area contributed by atoms with Crippen molar-refractivity contribution in [3.63, 3.8) is 0 Å². The maximum absolute atomic E-state index is 12.0. The molecular weight excluding hydrogens is 356 g/mol. The minimum absolute atomic E-state index is 0.0447. The second kappa shape index (κ2) is 8.14. The lowest BCUT2D eigenvalue weighted by molar-refractivity contribution is -0.118. The van der Waals surface area contributed by atoms with Crippen LogP contribution in [-0.2, 0) is 11.2 Å². The summed E-state index contributed by atoms with van der Waals surface area (Å²) in [6, 6.07) is 15.3. The van der Waals surface area contributed by atoms with Crippen molar-refractivity contribution in [2.24, 2.45) is 0 Å². The zero-order valence-electron chi connectivity index (χ0n) is 13.7. The second-order valence-electron chi connectivity index (χ2n) is 5.54. The fraction of sp³-hybridized carbons (Fsp3) is 0.158. The Labute approximate surface area is 155 Å². The van der Waals surface area contributed by atoms with Gasteiger partial charge in [0.05, 0.1) is 0 Å². The summed E-state index contributed by atoms with van der Waals surface area (Å²) in [5.74, 6) is 0.482. The Balaban J connectivity index is 1.53. The Hall–Kier alpha value is -2.37. The van der Waals surface area contributed by atoms with E-state index in [0.717, 1.165) is 27.4 Å². The van der Waals surface area contributed by atoms with Crippen LogP contribution in [0.4, 0.5) is 5.13 Å². The van der Waals surface area contributed by atoms with Crippen LogP contribution in [0.5, 0.6) is 5.75 Å². The van der Waals surface area contributed by atoms with Crippen molar-refractivity contribution < 1.29 is 9.53 Å². The molecule has 6 heteroatoms. The first-order valence-corrected chi connectivity index (χ1v) is 8.97. The number of hydrogen-bond donors (Lipinski definition) is 1. The van der Waals surface area contributed by atoms with Gasteiger partial charge in [0.1, 0.15) is 5.75 Å². The summed E-state index contributed by atoms with van der Waals surface area (Å²) in [5, 5.41) is 4.06. The smallest absolute Gasteiger partial charge is 0.264 e. The minimum atomic E-state index is -0.226. The Bertz CT molecular complexity index is 862. The van der Waals surface area contributed by atoms with E-state index in [1.807, 2.05) is 55.5 Å². The van der Waals surface area contributed by atoms with E-state index in [-0.39, 0.29) is 12.5 Å². The number of halogens is 1. The van der Waals surface area contributed by atoms with E-state index < -0.39 is 0 Å². The SMILES string of the molecule is Cc1ccccc1OCC(=O)Nc1ncc(Cc2ccc(Cl)cc2)s1. The number of aromatic nitrogens is 1. The topological polar surface area (TPSA) is 51.2 Å². The van der Waals surface area contributed by atoms with Crippen LogP contribution in [0.15, 0.2) is 54.7 Å². The molecule has 0 fully saturated rings. The molecule has 0 saturated carbocycles. The molecule has 0 aliphatic carbocycles. The zero-order chi connectivity index (χ0) is 17.6. The van der Waals surface area contributed by atoms with Gasteiger partial charge in [0, 0.05) is 22.5 Å². The summed E-state index contributed by atoms with van der Waals surface area (Å²) < 4.78 is 5.54. The fourth-order valence-electron chi connectivity index (χ4n) is 2.27. The number of benzene rings is 2. The number of thiazole rings is 1. The van der Waals surface area contributed by atoms with Crippen LogP contribution in [-0.4, -0.2) is 17.5 Å². The van der Waals surface area contributed by atoms with Crippen molar-refractivity contribution in [2.75, 3.05) is 11.9 Å². The van der Waals surface area contributed by atoms with E-state index in [0.29, 0.717) is 10.9 Å². The first-order chi connectivity index (χ1) is 12.1. The second-order valence-corrected chi connectivity index (χ2v) is 7.09. The number of rotatable bonds is 6. The van der Waals surface area contributed by atoms with Gasteiger partial charge in [0.2, 0.25) is 0 Å². The Kier molecular flexibility index (Phi) is 5.68. The van der Waals surface area contributed by atoms with Crippen molar-refractivity contribution in [1.82, 2.24) is 4.98 Å². The highest BCUT2D eigenvalue weighted by atomic mass is 35.5. The molecule has 2 aromatic carbocycles. The lowest BCUT2D eigenvalue weighted by Gasteiger charge is -2.07. The molecule has 3 aromatic rings. The summed E-state index contributed by atoms with van der Waals surface area (Å²) >= 11 is 7.34. The van der Waals surface area contributed by atoms with Crippen LogP contribution < -0.4 is 10.1 Å². The van der Waals surface area contributed by atoms with Crippen LogP contribution in [0.2, 0.25) is 5.02 Å². The first-order valence-electron chi connectivity index (χ1n) is 7.77. The molecule has 0 radical (unpaired) electrons. The maximum Gasteiger partial charge on any atom is 0.264 e. The summed E-state index contributed by atoms with van der Waals surface area (Å²) in [5.41, 5.74) is 2.14. The third-order valence-electron chi connectivity index (χ3n) is 3.54. The molecule has 1 N–H and O–H groups in total. The predicted octanol–water partition coefficient (Wildman–Crippen LogP) is 4.71. The monoisotopic (exact) mass is 372 g/mol. The Morgan fingerprint density at radius 3 is 2.72 bits per heavy atom. The number of ether oxygens (including phenoxy) is 1. The molecule has 1 heterocycles. The first kappa shape index (κ1) is 17.5. The third-order valence-corrected chi connectivity index (χ3v) is 4.71. The highest BCUT2D eigenvalue weighted by Crippen LogP contribution is 2.22. The highest BCUT2D eigenvalue weighted by Gasteiger charge is 2.09. The van der Waals surface area contributed by atoms with Crippen LogP contribution in [0.3, 0.4) is 0 Å². The molecule has 0 saturated heterocycles. The number of nitrogens with zero attached hydrogens (tertiary/aromatic N) is 1. The number of anilines is 1. The van der Waals surface area contributed by atoms with Gasteiger partial charge in [-0.25, -0.2) is 4.98 Å². The van der Waals surface area contributed by atoms with E-state index in [1.165, 1.54) is 11.3 Å². The van der Waals surface area contributed by atoms with Gasteiger partial charge in [0.15, 0.2) is 11.7 Å². The Morgan fingerprint density at radius 2 is 1.96 bits per heavy atom. The molecule has 0 aliphatic heterocycles. The largest absolute Gasteiger partial charge is 0.483 e. The standard InChI is InChI=1S/C19H17ClN2O2S/c1-13-4-2-3-5-17(13)24-12-18(23)22-19-21-11-16(25-19)10-14-6-8-15(20)9-7-14/h2-9,11H,10,12H2,1H3,(H,21,22,23). The van der Waals surface area contributed by atoms with Gasteiger partial charge in [-0.05, 0) is 36.2 Å². The maximum atomic E-state index is 12.0. The summed E-state index contributed by atoms with van der Waals surface area (Å²) in [7, 11) is 0. The van der Waals surface area contributed by atoms with Crippen molar-refractivity contribution in [3.8, 4) is 5.75 Å². The van der Waals surface area contributed by atoms with E-state index in [9.17, 15) is 4.79 Å². The number of carbonyl (C=O) groups excluding carboxylic acids is 1. The van der Waals surface area contributed by atoms with Crippen molar-refractivity contribution in [3.05, 3.63) is 75.8 Å². The molecule has 0 spiro atoms. The molecule has 0 bridgehead atoms. The molecule has 1 aromatic heterocycles. The molecule has 0 unspecified atom stereocenters. The lowest BCUT2D eigenvalue weighted by atomic mass is 10.1. The number of para-hydroxylation sites is 1. The van der Waals surface area contributed by atoms with Crippen molar-refractivity contribution in [2.45, 2.75) is 13.3 Å². The van der Waals surface area contributed by atoms with E-state index in [1.54, 1.807) is 6.20 Å². The summed E-state index contributed by atoms with van der Waals surface area (Å²) in [6.45, 7) is 1.90. The van der Waals surface area contributed by atoms with E-state index in [2.05, 4.69) is 10.3 Å². The number of aryl methyl sites for hydroxylation is 1. The van der Waals surface area contributed by atoms with Crippen LogP contribution in [0, 0.1) is 6.92 Å². The highest BCUT2D eigenvalue weighted by molar-refractivity contribution is 7.15. The van der Waals surface area contributed by atoms with E-state index in [4.69, 9.17) is 16.3 Å². The van der Waals surface area contributed by atoms with Crippen molar-refractivity contribution in [1.29, 1.82) is 0 Å². The van der Waals surface area contributed by atoms with Gasteiger partial charge in [0.25, 0.3) is 5.91 Å². The van der Waals surface area contributed by atoms with Crippen LogP contribution in [0.1, 0.15) is 16.0 Å². The van der Waals surface area contributed by atoms with Gasteiger partial charge in [-0.15, -0.1) is 11.3 Å². The number of hydrogen-bond acceptors (Lipinski definition) is 4. The van der Waals surface area contributed by atoms with Crippen LogP contribution in [0.25, 0.3) is 0 Å². The Morgan fingerprint density at radius 1 is 1.20 bits per heavy atom. The molecular formula is C19H17ClN2O2S. The van der Waals surface area contributed by atoms with Gasteiger partial charge < -0.3 is 4.74 Å². The third kappa shape index (κ3) is 5.05. The van der Waals surface area contributed by atoms with Gasteiger partial charge in [-0.3, -0.25) is 10.1 Å². The molecule has 128 valence electrons. The molecule has 3 rings (SSSR count). The van der Waals surface area contributed by atoms with Gasteiger partial charge >= 0.3 is 0 Å². The van der Waals surface area contributed by atoms with Gasteiger partial charge in [-0.2, -0.15) is 0 Å². The lowest BCUT2D eigenvalue weighted by Crippen LogP contribution is -2.20. The normalized spacial score (nSPS) is 10.5. The summed E-state index contributed by atoms with van der Waals surface area (Å²) in [6.07, 6.45) is 2.53. The quantitative estimate of drug-likeness (QED) is 0.681. The molecule has 0 aliphatic rings. The number of amides is 1. The predicted molar refractivity (Wildman–Crippen MR) is 102 cm³/mol. The summed E-state index contributed by atoms with van der Waals surface area (Å²) in [4.78, 5) is 17.3. The number of nitrogens with one attached hydrogen (secondary N) is 1. The average molecular weight is 373 g/mol. The number of carbonyl (C=O) groups is 1. The fourth-order valence-corrected chi connectivity index (χ4v) is 3.26. The van der Waals surface area contributed by atoms with Crippen LogP contribution >= 0.6 is 22.9 Å². The molecule has 0 atom stereocenters. The van der Waals surface area contributed by atoms with E-state index >= 15 is 0 Å². The molecule has 25 heavy (non-hydrogen) atoms. The van der Waals surface area contributed by atoms with Crippen molar-refractivity contribution >= 4 is 34.0 Å². The average Bonchev–Trinajstić information content (AvgIpc) is 3.03. The molecule has 1 amide bonds. The van der Waals surface area contributed by atoms with Gasteiger partial charge in [-0.1, -0.05) is 41.9 Å². The minimum Gasteiger partial charge on any atom is -0.483 e. The molecule has 4 nitrogen and oxygen atoms in total.